The summed E-state index contributed by atoms with van der Waals surface area (Å²) >= 11 is 0. The Morgan fingerprint density at radius 2 is 1.85 bits per heavy atom. The SMILES string of the molecule is CCc1cncc(-c2ccc3[nH]nc(-c4cc5c(-c6ccccc6F)nccc5[nH]4)c3n2)c1. The van der Waals surface area contributed by atoms with Crippen LogP contribution in [-0.4, -0.2) is 30.1 Å². The number of pyridine rings is 3. The largest absolute Gasteiger partial charge is 0.353 e. The van der Waals surface area contributed by atoms with Crippen molar-refractivity contribution >= 4 is 21.9 Å². The monoisotopic (exact) mass is 434 g/mol. The van der Waals surface area contributed by atoms with Gasteiger partial charge in [0.05, 0.1) is 22.6 Å². The van der Waals surface area contributed by atoms with E-state index in [9.17, 15) is 4.39 Å². The predicted molar refractivity (Wildman–Crippen MR) is 127 cm³/mol. The first-order chi connectivity index (χ1) is 16.2. The zero-order chi connectivity index (χ0) is 22.4. The maximum Gasteiger partial charge on any atom is 0.135 e. The van der Waals surface area contributed by atoms with Crippen LogP contribution in [0.1, 0.15) is 12.5 Å². The highest BCUT2D eigenvalue weighted by molar-refractivity contribution is 5.99. The van der Waals surface area contributed by atoms with Gasteiger partial charge < -0.3 is 4.98 Å². The first-order valence-corrected chi connectivity index (χ1v) is 10.7. The van der Waals surface area contributed by atoms with Crippen LogP contribution in [0.25, 0.3) is 55.8 Å². The van der Waals surface area contributed by atoms with Crippen molar-refractivity contribution in [2.45, 2.75) is 13.3 Å². The fourth-order valence-electron chi connectivity index (χ4n) is 4.12. The fraction of sp³-hybridized carbons (Fsp3) is 0.0769. The van der Waals surface area contributed by atoms with Crippen molar-refractivity contribution < 1.29 is 4.39 Å². The quantitative estimate of drug-likeness (QED) is 0.360. The van der Waals surface area contributed by atoms with Gasteiger partial charge in [-0.1, -0.05) is 19.1 Å². The highest BCUT2D eigenvalue weighted by Crippen LogP contribution is 2.33. The minimum absolute atomic E-state index is 0.306. The zero-order valence-electron chi connectivity index (χ0n) is 17.8. The molecular weight excluding hydrogens is 415 g/mol. The average molecular weight is 434 g/mol. The number of aryl methyl sites for hydroxylation is 1. The lowest BCUT2D eigenvalue weighted by Crippen LogP contribution is -1.89. The minimum Gasteiger partial charge on any atom is -0.353 e. The van der Waals surface area contributed by atoms with E-state index in [1.807, 2.05) is 42.7 Å². The van der Waals surface area contributed by atoms with E-state index >= 15 is 0 Å². The summed E-state index contributed by atoms with van der Waals surface area (Å²) in [5.41, 5.74) is 7.92. The van der Waals surface area contributed by atoms with Crippen LogP contribution in [0.3, 0.4) is 0 Å². The number of benzene rings is 1. The lowest BCUT2D eigenvalue weighted by atomic mass is 10.1. The van der Waals surface area contributed by atoms with E-state index in [0.717, 1.165) is 50.9 Å². The third kappa shape index (κ3) is 3.25. The van der Waals surface area contributed by atoms with Crippen molar-refractivity contribution in [3.63, 3.8) is 0 Å². The van der Waals surface area contributed by atoms with E-state index in [1.165, 1.54) is 6.07 Å². The highest BCUT2D eigenvalue weighted by atomic mass is 19.1. The number of hydrogen-bond acceptors (Lipinski definition) is 4. The first kappa shape index (κ1) is 19.3. The van der Waals surface area contributed by atoms with Gasteiger partial charge in [0.1, 0.15) is 17.0 Å². The number of nitrogens with one attached hydrogen (secondary N) is 2. The van der Waals surface area contributed by atoms with E-state index < -0.39 is 0 Å². The Hall–Kier alpha value is -4.39. The minimum atomic E-state index is -0.306. The van der Waals surface area contributed by atoms with E-state index in [1.54, 1.807) is 18.3 Å². The molecule has 6 rings (SSSR count). The molecule has 5 heterocycles. The molecule has 0 spiro atoms. The molecule has 7 heteroatoms. The Kier molecular flexibility index (Phi) is 4.47. The maximum atomic E-state index is 14.5. The lowest BCUT2D eigenvalue weighted by Gasteiger charge is -2.03. The van der Waals surface area contributed by atoms with Gasteiger partial charge in [-0.2, -0.15) is 5.10 Å². The second kappa shape index (κ2) is 7.63. The molecule has 0 aliphatic heterocycles. The Morgan fingerprint density at radius 1 is 0.939 bits per heavy atom. The van der Waals surface area contributed by atoms with Crippen LogP contribution < -0.4 is 0 Å². The fourth-order valence-corrected chi connectivity index (χ4v) is 4.12. The van der Waals surface area contributed by atoms with Crippen molar-refractivity contribution in [1.29, 1.82) is 0 Å². The van der Waals surface area contributed by atoms with Crippen LogP contribution in [0.15, 0.2) is 73.2 Å². The van der Waals surface area contributed by atoms with Crippen LogP contribution in [0, 0.1) is 5.82 Å². The number of aromatic amines is 2. The van der Waals surface area contributed by atoms with E-state index in [4.69, 9.17) is 4.98 Å². The number of rotatable bonds is 4. The van der Waals surface area contributed by atoms with Gasteiger partial charge in [0.15, 0.2) is 0 Å². The second-order valence-corrected chi connectivity index (χ2v) is 7.88. The second-order valence-electron chi connectivity index (χ2n) is 7.88. The Balaban J connectivity index is 1.50. The topological polar surface area (TPSA) is 83.1 Å². The molecule has 6 aromatic rings. The molecule has 0 aliphatic rings. The Morgan fingerprint density at radius 3 is 2.73 bits per heavy atom. The zero-order valence-corrected chi connectivity index (χ0v) is 17.8. The van der Waals surface area contributed by atoms with Crippen LogP contribution in [-0.2, 0) is 6.42 Å². The molecule has 0 unspecified atom stereocenters. The number of aromatic nitrogens is 6. The van der Waals surface area contributed by atoms with Gasteiger partial charge in [0, 0.05) is 40.6 Å². The number of halogens is 1. The summed E-state index contributed by atoms with van der Waals surface area (Å²) in [6.07, 6.45) is 6.28. The van der Waals surface area contributed by atoms with Gasteiger partial charge in [0.2, 0.25) is 0 Å². The predicted octanol–water partition coefficient (Wildman–Crippen LogP) is 5.93. The van der Waals surface area contributed by atoms with Crippen LogP contribution in [0.2, 0.25) is 0 Å². The van der Waals surface area contributed by atoms with Gasteiger partial charge >= 0.3 is 0 Å². The lowest BCUT2D eigenvalue weighted by molar-refractivity contribution is 0.631. The summed E-state index contributed by atoms with van der Waals surface area (Å²) in [5, 5.41) is 8.41. The molecule has 0 fully saturated rings. The molecule has 5 aromatic heterocycles. The van der Waals surface area contributed by atoms with E-state index in [0.29, 0.717) is 17.0 Å². The molecule has 6 nitrogen and oxygen atoms in total. The van der Waals surface area contributed by atoms with Gasteiger partial charge in [-0.25, -0.2) is 9.37 Å². The highest BCUT2D eigenvalue weighted by Gasteiger charge is 2.17. The summed E-state index contributed by atoms with van der Waals surface area (Å²) in [5.74, 6) is -0.306. The molecule has 160 valence electrons. The van der Waals surface area contributed by atoms with Crippen molar-refractivity contribution in [1.82, 2.24) is 30.1 Å². The summed E-state index contributed by atoms with van der Waals surface area (Å²) < 4.78 is 14.5. The van der Waals surface area contributed by atoms with Crippen molar-refractivity contribution in [3.8, 4) is 33.9 Å². The molecule has 33 heavy (non-hydrogen) atoms. The average Bonchev–Trinajstić information content (AvgIpc) is 3.48. The van der Waals surface area contributed by atoms with Crippen molar-refractivity contribution in [2.24, 2.45) is 0 Å². The summed E-state index contributed by atoms with van der Waals surface area (Å²) in [6.45, 7) is 2.10. The Labute approximate surface area is 188 Å². The molecule has 0 radical (unpaired) electrons. The molecule has 0 saturated carbocycles. The summed E-state index contributed by atoms with van der Waals surface area (Å²) in [4.78, 5) is 17.1. The van der Waals surface area contributed by atoms with Gasteiger partial charge in [-0.3, -0.25) is 15.1 Å². The maximum absolute atomic E-state index is 14.5. The van der Waals surface area contributed by atoms with E-state index in [2.05, 4.69) is 38.1 Å². The molecule has 0 amide bonds. The Bertz CT molecular complexity index is 1630. The molecule has 2 N–H and O–H groups in total. The summed E-state index contributed by atoms with van der Waals surface area (Å²) in [6, 6.07) is 16.5. The normalized spacial score (nSPS) is 11.5. The number of hydrogen-bond donors (Lipinski definition) is 2. The molecule has 0 aliphatic carbocycles. The van der Waals surface area contributed by atoms with Gasteiger partial charge in [0.25, 0.3) is 0 Å². The first-order valence-electron chi connectivity index (χ1n) is 10.7. The van der Waals surface area contributed by atoms with Gasteiger partial charge in [-0.05, 0) is 54.4 Å². The third-order valence-corrected chi connectivity index (χ3v) is 5.84. The standard InChI is InChI=1S/C26H19FN6/c1-2-15-11-16(14-28-13-15)20-7-8-22-25(31-20)26(33-32-22)23-12-18-21(30-23)9-10-29-24(18)17-5-3-4-6-19(17)27/h3-14,30H,2H2,1H3,(H,32,33). The molecule has 0 bridgehead atoms. The van der Waals surface area contributed by atoms with Crippen LogP contribution >= 0.6 is 0 Å². The third-order valence-electron chi connectivity index (χ3n) is 5.84. The number of nitrogens with zero attached hydrogens (tertiary/aromatic N) is 4. The van der Waals surface area contributed by atoms with Crippen molar-refractivity contribution in [2.75, 3.05) is 0 Å². The number of H-pyrrole nitrogens is 2. The van der Waals surface area contributed by atoms with E-state index in [-0.39, 0.29) is 5.82 Å². The molecule has 0 saturated heterocycles. The summed E-state index contributed by atoms with van der Waals surface area (Å²) in [7, 11) is 0. The molecular formula is C26H19FN6. The van der Waals surface area contributed by atoms with Crippen LogP contribution in [0.5, 0.6) is 0 Å². The van der Waals surface area contributed by atoms with Gasteiger partial charge in [-0.15, -0.1) is 0 Å². The van der Waals surface area contributed by atoms with Crippen molar-refractivity contribution in [3.05, 3.63) is 84.6 Å². The molecule has 1 aromatic carbocycles. The van der Waals surface area contributed by atoms with Crippen LogP contribution in [0.4, 0.5) is 4.39 Å². The number of fused-ring (bicyclic) bond motifs is 2. The smallest absolute Gasteiger partial charge is 0.135 e. The molecule has 0 atom stereocenters.